The van der Waals surface area contributed by atoms with Gasteiger partial charge in [-0.25, -0.2) is 8.78 Å². The van der Waals surface area contributed by atoms with Crippen LogP contribution in [-0.2, 0) is 5.88 Å². The molecule has 15 heavy (non-hydrogen) atoms. The van der Waals surface area contributed by atoms with Gasteiger partial charge in [-0.05, 0) is 23.8 Å². The SMILES string of the molecule is Fc1cccc(F)c1-c1cc(CCl)c[nH]1. The van der Waals surface area contributed by atoms with Crippen molar-refractivity contribution in [3.63, 3.8) is 0 Å². The zero-order valence-electron chi connectivity index (χ0n) is 7.73. The van der Waals surface area contributed by atoms with Gasteiger partial charge in [-0.2, -0.15) is 0 Å². The molecule has 0 saturated carbocycles. The van der Waals surface area contributed by atoms with E-state index in [9.17, 15) is 8.78 Å². The van der Waals surface area contributed by atoms with Crippen molar-refractivity contribution < 1.29 is 8.78 Å². The van der Waals surface area contributed by atoms with Gasteiger partial charge in [-0.15, -0.1) is 11.6 Å². The molecule has 1 N–H and O–H groups in total. The first-order valence-electron chi connectivity index (χ1n) is 4.40. The lowest BCUT2D eigenvalue weighted by Gasteiger charge is -2.01. The van der Waals surface area contributed by atoms with Crippen LogP contribution < -0.4 is 0 Å². The largest absolute Gasteiger partial charge is 0.361 e. The van der Waals surface area contributed by atoms with E-state index in [1.807, 2.05) is 0 Å². The molecule has 0 aliphatic carbocycles. The minimum atomic E-state index is -0.585. The number of hydrogen-bond donors (Lipinski definition) is 1. The number of rotatable bonds is 2. The topological polar surface area (TPSA) is 15.8 Å². The Bertz CT molecular complexity index is 459. The van der Waals surface area contributed by atoms with Gasteiger partial charge in [0.15, 0.2) is 0 Å². The summed E-state index contributed by atoms with van der Waals surface area (Å²) in [6.07, 6.45) is 1.63. The van der Waals surface area contributed by atoms with E-state index in [1.165, 1.54) is 18.2 Å². The molecule has 0 radical (unpaired) electrons. The second-order valence-corrected chi connectivity index (χ2v) is 3.42. The summed E-state index contributed by atoms with van der Waals surface area (Å²) in [4.78, 5) is 2.79. The normalized spacial score (nSPS) is 10.6. The number of hydrogen-bond acceptors (Lipinski definition) is 0. The van der Waals surface area contributed by atoms with Gasteiger partial charge in [-0.3, -0.25) is 0 Å². The van der Waals surface area contributed by atoms with Gasteiger partial charge < -0.3 is 4.98 Å². The minimum Gasteiger partial charge on any atom is -0.361 e. The molecule has 0 fully saturated rings. The summed E-state index contributed by atoms with van der Waals surface area (Å²) in [5.41, 5.74) is 1.16. The Morgan fingerprint density at radius 1 is 1.20 bits per heavy atom. The molecule has 1 nitrogen and oxygen atoms in total. The maximum Gasteiger partial charge on any atom is 0.135 e. The van der Waals surface area contributed by atoms with Crippen LogP contribution >= 0.6 is 11.6 Å². The highest BCUT2D eigenvalue weighted by Gasteiger charge is 2.12. The molecule has 0 bridgehead atoms. The zero-order chi connectivity index (χ0) is 10.8. The van der Waals surface area contributed by atoms with Crippen LogP contribution in [0.3, 0.4) is 0 Å². The molecule has 1 heterocycles. The maximum atomic E-state index is 13.4. The van der Waals surface area contributed by atoms with Crippen LogP contribution in [0.25, 0.3) is 11.3 Å². The van der Waals surface area contributed by atoms with Crippen molar-refractivity contribution in [3.05, 3.63) is 47.7 Å². The molecule has 0 unspecified atom stereocenters. The smallest absolute Gasteiger partial charge is 0.135 e. The van der Waals surface area contributed by atoms with Gasteiger partial charge >= 0.3 is 0 Å². The Morgan fingerprint density at radius 3 is 2.40 bits per heavy atom. The second-order valence-electron chi connectivity index (χ2n) is 3.15. The fourth-order valence-electron chi connectivity index (χ4n) is 1.42. The summed E-state index contributed by atoms with van der Waals surface area (Å²) < 4.78 is 26.7. The van der Waals surface area contributed by atoms with Crippen LogP contribution in [0.2, 0.25) is 0 Å². The maximum absolute atomic E-state index is 13.4. The first kappa shape index (κ1) is 10.2. The van der Waals surface area contributed by atoms with Crippen molar-refractivity contribution in [3.8, 4) is 11.3 Å². The van der Waals surface area contributed by atoms with E-state index in [1.54, 1.807) is 12.3 Å². The molecule has 0 aliphatic heterocycles. The average molecular weight is 228 g/mol. The van der Waals surface area contributed by atoms with E-state index in [0.29, 0.717) is 11.6 Å². The van der Waals surface area contributed by atoms with Gasteiger partial charge in [0, 0.05) is 12.1 Å². The summed E-state index contributed by atoms with van der Waals surface area (Å²) >= 11 is 5.60. The lowest BCUT2D eigenvalue weighted by molar-refractivity contribution is 0.589. The Balaban J connectivity index is 2.53. The molecule has 0 amide bonds. The number of alkyl halides is 1. The van der Waals surface area contributed by atoms with Crippen molar-refractivity contribution in [2.45, 2.75) is 5.88 Å². The number of halogens is 3. The summed E-state index contributed by atoms with van der Waals surface area (Å²) in [5, 5.41) is 0. The molecule has 0 saturated heterocycles. The number of aromatic nitrogens is 1. The highest BCUT2D eigenvalue weighted by Crippen LogP contribution is 2.25. The Kier molecular flexibility index (Phi) is 2.73. The van der Waals surface area contributed by atoms with Crippen LogP contribution in [0, 0.1) is 11.6 Å². The molecule has 0 aliphatic rings. The first-order chi connectivity index (χ1) is 7.22. The summed E-state index contributed by atoms with van der Waals surface area (Å²) in [6.45, 7) is 0. The molecule has 2 aromatic rings. The lowest BCUT2D eigenvalue weighted by atomic mass is 10.1. The summed E-state index contributed by atoms with van der Waals surface area (Å²) in [6, 6.07) is 5.41. The third kappa shape index (κ3) is 1.88. The highest BCUT2D eigenvalue weighted by molar-refractivity contribution is 6.17. The molecule has 2 rings (SSSR count). The average Bonchev–Trinajstić information content (AvgIpc) is 2.66. The van der Waals surface area contributed by atoms with Crippen molar-refractivity contribution >= 4 is 11.6 Å². The van der Waals surface area contributed by atoms with Crippen molar-refractivity contribution in [1.82, 2.24) is 4.98 Å². The van der Waals surface area contributed by atoms with E-state index < -0.39 is 11.6 Å². The van der Waals surface area contributed by atoms with Gasteiger partial charge in [0.2, 0.25) is 0 Å². The first-order valence-corrected chi connectivity index (χ1v) is 4.93. The molecule has 1 aromatic heterocycles. The van der Waals surface area contributed by atoms with Crippen LogP contribution in [-0.4, -0.2) is 4.98 Å². The third-order valence-corrected chi connectivity index (χ3v) is 2.44. The summed E-state index contributed by atoms with van der Waals surface area (Å²) in [7, 11) is 0. The standard InChI is InChI=1S/C11H8ClF2N/c12-5-7-4-10(15-6-7)11-8(13)2-1-3-9(11)14/h1-4,6,15H,5H2. The fraction of sp³-hybridized carbons (Fsp3) is 0.0909. The van der Waals surface area contributed by atoms with Crippen LogP contribution in [0.5, 0.6) is 0 Å². The van der Waals surface area contributed by atoms with E-state index in [0.717, 1.165) is 5.56 Å². The molecular weight excluding hydrogens is 220 g/mol. The van der Waals surface area contributed by atoms with E-state index in [-0.39, 0.29) is 5.56 Å². The predicted octanol–water partition coefficient (Wildman–Crippen LogP) is 3.70. The van der Waals surface area contributed by atoms with Crippen LogP contribution in [0.15, 0.2) is 30.5 Å². The Hall–Kier alpha value is -1.35. The molecule has 0 spiro atoms. The quantitative estimate of drug-likeness (QED) is 0.753. The molecule has 78 valence electrons. The van der Waals surface area contributed by atoms with Crippen molar-refractivity contribution in [1.29, 1.82) is 0 Å². The highest BCUT2D eigenvalue weighted by atomic mass is 35.5. The molecule has 1 aromatic carbocycles. The summed E-state index contributed by atoms with van der Waals surface area (Å²) in [5.74, 6) is -0.858. The minimum absolute atomic E-state index is 0.0473. The number of nitrogens with one attached hydrogen (secondary N) is 1. The second kappa shape index (κ2) is 4.03. The number of aromatic amines is 1. The van der Waals surface area contributed by atoms with Crippen molar-refractivity contribution in [2.24, 2.45) is 0 Å². The molecule has 4 heteroatoms. The monoisotopic (exact) mass is 227 g/mol. The molecule has 0 atom stereocenters. The lowest BCUT2D eigenvalue weighted by Crippen LogP contribution is -1.88. The van der Waals surface area contributed by atoms with Gasteiger partial charge in [0.05, 0.1) is 11.3 Å². The fourth-order valence-corrected chi connectivity index (χ4v) is 1.57. The van der Waals surface area contributed by atoms with Crippen LogP contribution in [0.4, 0.5) is 8.78 Å². The zero-order valence-corrected chi connectivity index (χ0v) is 8.48. The number of benzene rings is 1. The van der Waals surface area contributed by atoms with Gasteiger partial charge in [-0.1, -0.05) is 6.07 Å². The van der Waals surface area contributed by atoms with Gasteiger partial charge in [0.1, 0.15) is 11.6 Å². The van der Waals surface area contributed by atoms with E-state index >= 15 is 0 Å². The van der Waals surface area contributed by atoms with Crippen LogP contribution in [0.1, 0.15) is 5.56 Å². The number of H-pyrrole nitrogens is 1. The van der Waals surface area contributed by atoms with Gasteiger partial charge in [0.25, 0.3) is 0 Å². The van der Waals surface area contributed by atoms with E-state index in [2.05, 4.69) is 4.98 Å². The predicted molar refractivity (Wildman–Crippen MR) is 55.7 cm³/mol. The molecular formula is C11H8ClF2N. The van der Waals surface area contributed by atoms with Crippen molar-refractivity contribution in [2.75, 3.05) is 0 Å². The Morgan fingerprint density at radius 2 is 1.87 bits per heavy atom. The Labute approximate surface area is 90.7 Å². The third-order valence-electron chi connectivity index (χ3n) is 2.13. The van der Waals surface area contributed by atoms with E-state index in [4.69, 9.17) is 11.6 Å².